The van der Waals surface area contributed by atoms with Crippen LogP contribution in [0.1, 0.15) is 42.0 Å². The van der Waals surface area contributed by atoms with E-state index >= 15 is 0 Å². The van der Waals surface area contributed by atoms with Gasteiger partial charge in [0.05, 0.1) is 11.0 Å². The second-order valence-corrected chi connectivity index (χ2v) is 5.91. The van der Waals surface area contributed by atoms with Crippen LogP contribution in [0.4, 0.5) is 0 Å². The maximum Gasteiger partial charge on any atom is 0.0892 e. The van der Waals surface area contributed by atoms with Gasteiger partial charge in [0.1, 0.15) is 0 Å². The van der Waals surface area contributed by atoms with Crippen molar-refractivity contribution in [3.05, 3.63) is 71.0 Å². The van der Waals surface area contributed by atoms with Gasteiger partial charge in [-0.05, 0) is 47.2 Å². The monoisotopic (exact) mass is 288 g/mol. The van der Waals surface area contributed by atoms with Gasteiger partial charge in [0.25, 0.3) is 0 Å². The lowest BCUT2D eigenvalue weighted by molar-refractivity contribution is 0.866. The number of benzene rings is 2. The number of hydrogen-bond acceptors (Lipinski definition) is 2. The molecule has 0 unspecified atom stereocenters. The Bertz CT molecular complexity index is 815. The average molecular weight is 288 g/mol. The number of nitrogens with zero attached hydrogens (tertiary/aromatic N) is 2. The van der Waals surface area contributed by atoms with E-state index in [1.165, 1.54) is 22.3 Å². The van der Waals surface area contributed by atoms with Gasteiger partial charge in [-0.3, -0.25) is 9.97 Å². The summed E-state index contributed by atoms with van der Waals surface area (Å²) in [4.78, 5) is 8.71. The molecule has 0 N–H and O–H groups in total. The van der Waals surface area contributed by atoms with Crippen molar-refractivity contribution in [3.63, 3.8) is 0 Å². The second-order valence-electron chi connectivity index (χ2n) is 5.91. The molecule has 2 aromatic carbocycles. The Hall–Kier alpha value is -2.48. The molecular formula is C20H20N2. The molecule has 0 spiro atoms. The van der Waals surface area contributed by atoms with E-state index in [1.807, 2.05) is 0 Å². The summed E-state index contributed by atoms with van der Waals surface area (Å²) in [5.41, 5.74) is 6.85. The van der Waals surface area contributed by atoms with Gasteiger partial charge in [-0.15, -0.1) is 0 Å². The van der Waals surface area contributed by atoms with Gasteiger partial charge in [-0.1, -0.05) is 50.3 Å². The predicted octanol–water partition coefficient (Wildman–Crippen LogP) is 5.23. The lowest BCUT2D eigenvalue weighted by Gasteiger charge is -2.05. The summed E-state index contributed by atoms with van der Waals surface area (Å²) in [6.45, 7) is 6.53. The van der Waals surface area contributed by atoms with Gasteiger partial charge in [0.2, 0.25) is 0 Å². The van der Waals surface area contributed by atoms with Gasteiger partial charge in [-0.25, -0.2) is 0 Å². The van der Waals surface area contributed by atoms with E-state index in [1.54, 1.807) is 12.4 Å². The van der Waals surface area contributed by atoms with Crippen molar-refractivity contribution in [3.8, 4) is 0 Å². The molecule has 2 nitrogen and oxygen atoms in total. The van der Waals surface area contributed by atoms with Gasteiger partial charge in [-0.2, -0.15) is 0 Å². The molecule has 1 aromatic heterocycles. The fraction of sp³-hybridized carbons (Fsp3) is 0.200. The zero-order valence-electron chi connectivity index (χ0n) is 13.2. The number of fused-ring (bicyclic) bond motifs is 1. The molecule has 0 saturated heterocycles. The molecule has 0 fully saturated rings. The molecule has 0 atom stereocenters. The summed E-state index contributed by atoms with van der Waals surface area (Å²) < 4.78 is 0. The van der Waals surface area contributed by atoms with E-state index in [-0.39, 0.29) is 0 Å². The lowest BCUT2D eigenvalue weighted by atomic mass is 10.0. The number of hydrogen-bond donors (Lipinski definition) is 0. The summed E-state index contributed by atoms with van der Waals surface area (Å²) in [6, 6.07) is 12.9. The minimum atomic E-state index is 0.569. The van der Waals surface area contributed by atoms with Crippen molar-refractivity contribution in [2.24, 2.45) is 0 Å². The van der Waals surface area contributed by atoms with Gasteiger partial charge in [0, 0.05) is 12.4 Å². The first kappa shape index (κ1) is 14.5. The first-order valence-corrected chi connectivity index (χ1v) is 7.63. The molecule has 3 rings (SSSR count). The standard InChI is InChI=1S/C20H20N2/c1-14(2)17-7-4-16(5-8-17)6-9-18-13-20-19(12-15(18)3)21-10-11-22-20/h4-14H,1-3H3/b9-6+. The zero-order valence-corrected chi connectivity index (χ0v) is 13.2. The fourth-order valence-corrected chi connectivity index (χ4v) is 2.49. The maximum absolute atomic E-state index is 4.37. The van der Waals surface area contributed by atoms with Crippen molar-refractivity contribution < 1.29 is 0 Å². The predicted molar refractivity (Wildman–Crippen MR) is 93.7 cm³/mol. The largest absolute Gasteiger partial charge is 0.253 e. The highest BCUT2D eigenvalue weighted by atomic mass is 14.8. The summed E-state index contributed by atoms with van der Waals surface area (Å²) >= 11 is 0. The highest BCUT2D eigenvalue weighted by Crippen LogP contribution is 2.20. The average Bonchev–Trinajstić information content (AvgIpc) is 2.53. The Morgan fingerprint density at radius 2 is 1.50 bits per heavy atom. The molecule has 0 amide bonds. The van der Waals surface area contributed by atoms with E-state index in [9.17, 15) is 0 Å². The normalized spacial score (nSPS) is 11.6. The van der Waals surface area contributed by atoms with E-state index < -0.39 is 0 Å². The Labute approximate surface area is 131 Å². The van der Waals surface area contributed by atoms with Crippen molar-refractivity contribution in [2.75, 3.05) is 0 Å². The van der Waals surface area contributed by atoms with Gasteiger partial charge >= 0.3 is 0 Å². The molecular weight excluding hydrogens is 268 g/mol. The van der Waals surface area contributed by atoms with Crippen LogP contribution in [0.5, 0.6) is 0 Å². The van der Waals surface area contributed by atoms with Crippen LogP contribution in [-0.2, 0) is 0 Å². The Morgan fingerprint density at radius 1 is 0.864 bits per heavy atom. The van der Waals surface area contributed by atoms with E-state index in [2.05, 4.69) is 79.3 Å². The van der Waals surface area contributed by atoms with Crippen LogP contribution in [0.15, 0.2) is 48.8 Å². The smallest absolute Gasteiger partial charge is 0.0892 e. The van der Waals surface area contributed by atoms with Crippen LogP contribution >= 0.6 is 0 Å². The molecule has 2 heteroatoms. The van der Waals surface area contributed by atoms with E-state index in [4.69, 9.17) is 0 Å². The number of aromatic nitrogens is 2. The van der Waals surface area contributed by atoms with Crippen molar-refractivity contribution in [1.82, 2.24) is 9.97 Å². The van der Waals surface area contributed by atoms with Crippen LogP contribution in [-0.4, -0.2) is 9.97 Å². The summed E-state index contributed by atoms with van der Waals surface area (Å²) in [5.74, 6) is 0.569. The third-order valence-electron chi connectivity index (χ3n) is 3.92. The van der Waals surface area contributed by atoms with Gasteiger partial charge in [0.15, 0.2) is 0 Å². The molecule has 0 aliphatic carbocycles. The Morgan fingerprint density at radius 3 is 2.14 bits per heavy atom. The Balaban J connectivity index is 1.90. The maximum atomic E-state index is 4.37. The minimum Gasteiger partial charge on any atom is -0.253 e. The van der Waals surface area contributed by atoms with Crippen molar-refractivity contribution in [2.45, 2.75) is 26.7 Å². The number of rotatable bonds is 3. The molecule has 0 bridgehead atoms. The first-order valence-electron chi connectivity index (χ1n) is 7.63. The third-order valence-corrected chi connectivity index (χ3v) is 3.92. The summed E-state index contributed by atoms with van der Waals surface area (Å²) in [5, 5.41) is 0. The molecule has 0 aliphatic heterocycles. The zero-order chi connectivity index (χ0) is 15.5. The molecule has 3 aromatic rings. The molecule has 22 heavy (non-hydrogen) atoms. The second kappa shape index (κ2) is 6.10. The summed E-state index contributed by atoms with van der Waals surface area (Å²) in [7, 11) is 0. The SMILES string of the molecule is Cc1cc2nccnc2cc1/C=C/c1ccc(C(C)C)cc1. The first-order chi connectivity index (χ1) is 10.6. The molecule has 0 aliphatic rings. The highest BCUT2D eigenvalue weighted by Gasteiger charge is 2.01. The van der Waals surface area contributed by atoms with E-state index in [0.717, 1.165) is 11.0 Å². The van der Waals surface area contributed by atoms with E-state index in [0.29, 0.717) is 5.92 Å². The van der Waals surface area contributed by atoms with Crippen LogP contribution < -0.4 is 0 Å². The van der Waals surface area contributed by atoms with Crippen LogP contribution in [0, 0.1) is 6.92 Å². The van der Waals surface area contributed by atoms with Gasteiger partial charge < -0.3 is 0 Å². The quantitative estimate of drug-likeness (QED) is 0.616. The topological polar surface area (TPSA) is 25.8 Å². The van der Waals surface area contributed by atoms with Crippen LogP contribution in [0.2, 0.25) is 0 Å². The highest BCUT2D eigenvalue weighted by molar-refractivity contribution is 5.81. The fourth-order valence-electron chi connectivity index (χ4n) is 2.49. The van der Waals surface area contributed by atoms with Crippen LogP contribution in [0.25, 0.3) is 23.2 Å². The Kier molecular flexibility index (Phi) is 4.01. The molecule has 110 valence electrons. The lowest BCUT2D eigenvalue weighted by Crippen LogP contribution is -1.87. The summed E-state index contributed by atoms with van der Waals surface area (Å²) in [6.07, 6.45) is 7.76. The van der Waals surface area contributed by atoms with Crippen LogP contribution in [0.3, 0.4) is 0 Å². The van der Waals surface area contributed by atoms with Crippen molar-refractivity contribution in [1.29, 1.82) is 0 Å². The third kappa shape index (κ3) is 3.06. The molecule has 0 saturated carbocycles. The molecule has 1 heterocycles. The van der Waals surface area contributed by atoms with Crippen molar-refractivity contribution >= 4 is 23.2 Å². The minimum absolute atomic E-state index is 0.569. The molecule has 0 radical (unpaired) electrons. The number of aryl methyl sites for hydroxylation is 1.